The average Bonchev–Trinajstić information content (AvgIpc) is 2.39. The number of aliphatic imine (C=N–C) groups is 1. The highest BCUT2D eigenvalue weighted by molar-refractivity contribution is 5.88. The predicted octanol–water partition coefficient (Wildman–Crippen LogP) is 0.221. The summed E-state index contributed by atoms with van der Waals surface area (Å²) in [5.74, 6) is 0.350. The quantitative estimate of drug-likeness (QED) is 0.718. The molecular formula is C12H16N2O3. The highest BCUT2D eigenvalue weighted by Gasteiger charge is 2.13. The van der Waals surface area contributed by atoms with Gasteiger partial charge >= 0.3 is 0 Å². The zero-order chi connectivity index (χ0) is 12.7. The Bertz CT molecular complexity index is 404. The number of rotatable bonds is 5. The van der Waals surface area contributed by atoms with Gasteiger partial charge in [-0.2, -0.15) is 0 Å². The van der Waals surface area contributed by atoms with E-state index in [9.17, 15) is 4.79 Å². The van der Waals surface area contributed by atoms with Crippen LogP contribution in [0.15, 0.2) is 29.3 Å². The van der Waals surface area contributed by atoms with Crippen molar-refractivity contribution in [1.82, 2.24) is 5.32 Å². The van der Waals surface area contributed by atoms with Crippen LogP contribution in [-0.4, -0.2) is 44.0 Å². The van der Waals surface area contributed by atoms with E-state index in [2.05, 4.69) is 10.3 Å². The van der Waals surface area contributed by atoms with Crippen molar-refractivity contribution in [2.45, 2.75) is 6.04 Å². The number of aliphatic hydroxyl groups excluding tert-OH is 1. The summed E-state index contributed by atoms with van der Waals surface area (Å²) >= 11 is 0. The van der Waals surface area contributed by atoms with E-state index in [1.54, 1.807) is 13.2 Å². The number of hydrogen-bond donors (Lipinski definition) is 2. The van der Waals surface area contributed by atoms with Crippen LogP contribution in [0.5, 0.6) is 5.75 Å². The molecule has 1 aromatic rings. The topological polar surface area (TPSA) is 70.9 Å². The Labute approximate surface area is 100 Å². The first-order valence-corrected chi connectivity index (χ1v) is 5.21. The first-order chi connectivity index (χ1) is 8.22. The molecule has 0 bridgehead atoms. The number of methoxy groups -OCH3 is 1. The molecule has 5 heteroatoms. The summed E-state index contributed by atoms with van der Waals surface area (Å²) < 4.78 is 5.14. The van der Waals surface area contributed by atoms with Crippen molar-refractivity contribution in [2.24, 2.45) is 4.99 Å². The Morgan fingerprint density at radius 2 is 2.29 bits per heavy atom. The number of aliphatic hydroxyl groups is 1. The van der Waals surface area contributed by atoms with Crippen LogP contribution < -0.4 is 10.1 Å². The lowest BCUT2D eigenvalue weighted by molar-refractivity contribution is -0.122. The fourth-order valence-electron chi connectivity index (χ4n) is 1.31. The highest BCUT2D eigenvalue weighted by atomic mass is 16.5. The van der Waals surface area contributed by atoms with E-state index in [0.717, 1.165) is 5.56 Å². The van der Waals surface area contributed by atoms with E-state index >= 15 is 0 Å². The van der Waals surface area contributed by atoms with Crippen molar-refractivity contribution in [3.63, 3.8) is 0 Å². The SMILES string of the molecule is CNC(=O)[C@H](CO)/N=C/c1ccccc1OC. The third kappa shape index (κ3) is 3.57. The van der Waals surface area contributed by atoms with Crippen molar-refractivity contribution < 1.29 is 14.6 Å². The number of carbonyl (C=O) groups is 1. The maximum Gasteiger partial charge on any atom is 0.246 e. The number of nitrogens with one attached hydrogen (secondary N) is 1. The molecule has 1 aromatic carbocycles. The van der Waals surface area contributed by atoms with Crippen LogP contribution >= 0.6 is 0 Å². The summed E-state index contributed by atoms with van der Waals surface area (Å²) in [7, 11) is 3.07. The van der Waals surface area contributed by atoms with E-state index in [0.29, 0.717) is 5.75 Å². The van der Waals surface area contributed by atoms with Gasteiger partial charge in [0.05, 0.1) is 13.7 Å². The predicted molar refractivity (Wildman–Crippen MR) is 65.5 cm³/mol. The summed E-state index contributed by atoms with van der Waals surface area (Å²) in [5.41, 5.74) is 0.761. The zero-order valence-electron chi connectivity index (χ0n) is 9.88. The van der Waals surface area contributed by atoms with Gasteiger partial charge in [0.25, 0.3) is 0 Å². The van der Waals surface area contributed by atoms with Gasteiger partial charge in [-0.3, -0.25) is 9.79 Å². The lowest BCUT2D eigenvalue weighted by Crippen LogP contribution is -2.33. The normalized spacial score (nSPS) is 12.4. The van der Waals surface area contributed by atoms with E-state index in [-0.39, 0.29) is 12.5 Å². The fourth-order valence-corrected chi connectivity index (χ4v) is 1.31. The number of para-hydroxylation sites is 1. The molecule has 0 aromatic heterocycles. The van der Waals surface area contributed by atoms with Gasteiger partial charge in [0.2, 0.25) is 5.91 Å². The largest absolute Gasteiger partial charge is 0.496 e. The number of likely N-dealkylation sites (N-methyl/N-ethyl adjacent to an activating group) is 1. The molecule has 0 spiro atoms. The van der Waals surface area contributed by atoms with Gasteiger partial charge in [0.15, 0.2) is 6.04 Å². The first kappa shape index (κ1) is 13.2. The molecule has 1 atom stereocenters. The van der Waals surface area contributed by atoms with Gasteiger partial charge in [-0.05, 0) is 12.1 Å². The number of amides is 1. The van der Waals surface area contributed by atoms with Gasteiger partial charge in [-0.25, -0.2) is 0 Å². The highest BCUT2D eigenvalue weighted by Crippen LogP contribution is 2.14. The summed E-state index contributed by atoms with van der Waals surface area (Å²) in [5, 5.41) is 11.5. The molecule has 0 saturated heterocycles. The summed E-state index contributed by atoms with van der Waals surface area (Å²) in [6.07, 6.45) is 1.52. The third-order valence-electron chi connectivity index (χ3n) is 2.25. The molecule has 0 radical (unpaired) electrons. The molecule has 17 heavy (non-hydrogen) atoms. The van der Waals surface area contributed by atoms with Crippen molar-refractivity contribution in [2.75, 3.05) is 20.8 Å². The van der Waals surface area contributed by atoms with Crippen LogP contribution in [0.25, 0.3) is 0 Å². The Morgan fingerprint density at radius 1 is 1.59 bits per heavy atom. The maximum absolute atomic E-state index is 11.3. The third-order valence-corrected chi connectivity index (χ3v) is 2.25. The molecule has 0 aliphatic rings. The van der Waals surface area contributed by atoms with Crippen LogP contribution in [0.4, 0.5) is 0 Å². The molecule has 92 valence electrons. The number of ether oxygens (including phenoxy) is 1. The van der Waals surface area contributed by atoms with Crippen molar-refractivity contribution in [3.8, 4) is 5.75 Å². The second kappa shape index (κ2) is 6.65. The number of benzene rings is 1. The van der Waals surface area contributed by atoms with Gasteiger partial charge in [-0.1, -0.05) is 12.1 Å². The molecule has 0 aliphatic carbocycles. The van der Waals surface area contributed by atoms with E-state index in [4.69, 9.17) is 9.84 Å². The van der Waals surface area contributed by atoms with Crippen molar-refractivity contribution in [1.29, 1.82) is 0 Å². The van der Waals surface area contributed by atoms with E-state index < -0.39 is 6.04 Å². The molecule has 5 nitrogen and oxygen atoms in total. The number of nitrogens with zero attached hydrogens (tertiary/aromatic N) is 1. The lowest BCUT2D eigenvalue weighted by Gasteiger charge is -2.07. The first-order valence-electron chi connectivity index (χ1n) is 5.21. The second-order valence-electron chi connectivity index (χ2n) is 3.33. The summed E-state index contributed by atoms with van der Waals surface area (Å²) in [6, 6.07) is 6.52. The van der Waals surface area contributed by atoms with Crippen LogP contribution in [-0.2, 0) is 4.79 Å². The Balaban J connectivity index is 2.84. The van der Waals surface area contributed by atoms with Gasteiger partial charge in [-0.15, -0.1) is 0 Å². The Kier molecular flexibility index (Phi) is 5.16. The molecule has 0 heterocycles. The maximum atomic E-state index is 11.3. The van der Waals surface area contributed by atoms with Crippen molar-refractivity contribution in [3.05, 3.63) is 29.8 Å². The summed E-state index contributed by atoms with van der Waals surface area (Å²) in [6.45, 7) is -0.328. The smallest absolute Gasteiger partial charge is 0.246 e. The minimum Gasteiger partial charge on any atom is -0.496 e. The number of carbonyl (C=O) groups excluding carboxylic acids is 1. The van der Waals surface area contributed by atoms with Crippen LogP contribution in [0.3, 0.4) is 0 Å². The minimum absolute atomic E-state index is 0.321. The molecule has 0 fully saturated rings. The van der Waals surface area contributed by atoms with Gasteiger partial charge in [0.1, 0.15) is 5.75 Å². The molecule has 0 unspecified atom stereocenters. The van der Waals surface area contributed by atoms with Crippen LogP contribution in [0, 0.1) is 0 Å². The standard InChI is InChI=1S/C12H16N2O3/c1-13-12(16)10(8-15)14-7-9-5-3-4-6-11(9)17-2/h3-7,10,15H,8H2,1-2H3,(H,13,16)/b14-7+/t10-/m0/s1. The molecule has 1 amide bonds. The zero-order valence-corrected chi connectivity index (χ0v) is 9.88. The number of hydrogen-bond acceptors (Lipinski definition) is 4. The Hall–Kier alpha value is -1.88. The molecule has 0 saturated carbocycles. The average molecular weight is 236 g/mol. The minimum atomic E-state index is -0.787. The monoisotopic (exact) mass is 236 g/mol. The van der Waals surface area contributed by atoms with Crippen LogP contribution in [0.2, 0.25) is 0 Å². The van der Waals surface area contributed by atoms with Gasteiger partial charge in [0, 0.05) is 18.8 Å². The fraction of sp³-hybridized carbons (Fsp3) is 0.333. The van der Waals surface area contributed by atoms with Crippen molar-refractivity contribution >= 4 is 12.1 Å². The second-order valence-corrected chi connectivity index (χ2v) is 3.33. The van der Waals surface area contributed by atoms with Crippen LogP contribution in [0.1, 0.15) is 5.56 Å². The Morgan fingerprint density at radius 3 is 2.88 bits per heavy atom. The molecular weight excluding hydrogens is 220 g/mol. The van der Waals surface area contributed by atoms with E-state index in [1.807, 2.05) is 18.2 Å². The van der Waals surface area contributed by atoms with E-state index in [1.165, 1.54) is 13.3 Å². The molecule has 0 aliphatic heterocycles. The molecule has 2 N–H and O–H groups in total. The summed E-state index contributed by atoms with van der Waals surface area (Å²) in [4.78, 5) is 15.3. The van der Waals surface area contributed by atoms with Gasteiger partial charge < -0.3 is 15.2 Å². The molecule has 1 rings (SSSR count). The lowest BCUT2D eigenvalue weighted by atomic mass is 10.2.